The summed E-state index contributed by atoms with van der Waals surface area (Å²) in [4.78, 5) is 0. The van der Waals surface area contributed by atoms with Gasteiger partial charge in [0.15, 0.2) is 0 Å². The van der Waals surface area contributed by atoms with Gasteiger partial charge in [-0.15, -0.1) is 11.6 Å². The molecule has 0 aliphatic rings. The summed E-state index contributed by atoms with van der Waals surface area (Å²) in [5.41, 5.74) is -4.02. The summed E-state index contributed by atoms with van der Waals surface area (Å²) in [6, 6.07) is 0. The van der Waals surface area contributed by atoms with Crippen molar-refractivity contribution in [3.63, 3.8) is 0 Å². The number of hydrogen-bond donors (Lipinski definition) is 1. The van der Waals surface area contributed by atoms with E-state index in [1.807, 2.05) is 0 Å². The average molecular weight is 278 g/mol. The van der Waals surface area contributed by atoms with E-state index in [4.69, 9.17) is 11.6 Å². The Kier molecular flexibility index (Phi) is 7.85. The molecule has 0 aliphatic carbocycles. The zero-order valence-electron chi connectivity index (χ0n) is 9.66. The monoisotopic (exact) mass is 277 g/mol. The quantitative estimate of drug-likeness (QED) is 0.534. The van der Waals surface area contributed by atoms with E-state index < -0.39 is 5.51 Å². The zero-order valence-corrected chi connectivity index (χ0v) is 11.2. The molecule has 0 aromatic heterocycles. The molecule has 16 heavy (non-hydrogen) atoms. The Hall–Kier alpha value is 0.390. The van der Waals surface area contributed by atoms with Crippen molar-refractivity contribution in [1.29, 1.82) is 0 Å². The number of hydrogen-bond acceptors (Lipinski definition) is 2. The van der Waals surface area contributed by atoms with Crippen molar-refractivity contribution >= 4 is 23.4 Å². The topological polar surface area (TPSA) is 12.0 Å². The van der Waals surface area contributed by atoms with Gasteiger partial charge in [0, 0.05) is 24.7 Å². The van der Waals surface area contributed by atoms with E-state index in [1.165, 1.54) is 0 Å². The lowest BCUT2D eigenvalue weighted by Gasteiger charge is -2.24. The van der Waals surface area contributed by atoms with Crippen LogP contribution in [0.25, 0.3) is 0 Å². The molecule has 0 fully saturated rings. The van der Waals surface area contributed by atoms with Crippen LogP contribution in [0.4, 0.5) is 13.2 Å². The molecule has 0 radical (unpaired) electrons. The first-order valence-corrected chi connectivity index (χ1v) is 6.76. The van der Waals surface area contributed by atoms with E-state index in [9.17, 15) is 13.2 Å². The normalized spacial score (nSPS) is 13.1. The highest BCUT2D eigenvalue weighted by Gasteiger charge is 2.27. The predicted octanol–water partition coefficient (Wildman–Crippen LogP) is 3.87. The first kappa shape index (κ1) is 16.4. The van der Waals surface area contributed by atoms with Crippen LogP contribution >= 0.6 is 23.4 Å². The van der Waals surface area contributed by atoms with Gasteiger partial charge in [-0.3, -0.25) is 0 Å². The Labute approximate surface area is 104 Å². The van der Waals surface area contributed by atoms with E-state index >= 15 is 0 Å². The number of thioether (sulfide) groups is 1. The van der Waals surface area contributed by atoms with Gasteiger partial charge >= 0.3 is 5.51 Å². The molecule has 1 N–H and O–H groups in total. The van der Waals surface area contributed by atoms with E-state index in [1.54, 1.807) is 0 Å². The second-order valence-electron chi connectivity index (χ2n) is 4.43. The second kappa shape index (κ2) is 7.67. The van der Waals surface area contributed by atoms with E-state index in [0.717, 1.165) is 19.4 Å². The van der Waals surface area contributed by atoms with Crippen LogP contribution in [-0.2, 0) is 0 Å². The van der Waals surface area contributed by atoms with Crippen LogP contribution in [0.2, 0.25) is 0 Å². The lowest BCUT2D eigenvalue weighted by Crippen LogP contribution is -2.31. The summed E-state index contributed by atoms with van der Waals surface area (Å²) in [6.45, 7) is 5.28. The summed E-state index contributed by atoms with van der Waals surface area (Å²) in [5.74, 6) is 0.697. The molecule has 0 saturated heterocycles. The van der Waals surface area contributed by atoms with Gasteiger partial charge in [-0.2, -0.15) is 13.2 Å². The fraction of sp³-hybridized carbons (Fsp3) is 1.00. The third-order valence-corrected chi connectivity index (χ3v) is 3.14. The standard InChI is InChI=1S/C10H19ClF3NS/c1-9(2,4-3-5-11)8-15-6-7-16-10(12,13)14/h15H,3-8H2,1-2H3. The lowest BCUT2D eigenvalue weighted by molar-refractivity contribution is -0.0327. The van der Waals surface area contributed by atoms with E-state index in [0.29, 0.717) is 12.4 Å². The highest BCUT2D eigenvalue weighted by Crippen LogP contribution is 2.29. The molecular weight excluding hydrogens is 259 g/mol. The van der Waals surface area contributed by atoms with E-state index in [2.05, 4.69) is 19.2 Å². The summed E-state index contributed by atoms with van der Waals surface area (Å²) in [6.07, 6.45) is 1.92. The van der Waals surface area contributed by atoms with Crippen molar-refractivity contribution in [2.24, 2.45) is 5.41 Å². The van der Waals surface area contributed by atoms with Crippen LogP contribution in [0.15, 0.2) is 0 Å². The fourth-order valence-electron chi connectivity index (χ4n) is 1.30. The van der Waals surface area contributed by atoms with Gasteiger partial charge in [-0.05, 0) is 30.0 Å². The summed E-state index contributed by atoms with van der Waals surface area (Å²) in [7, 11) is 0. The molecule has 0 amide bonds. The van der Waals surface area contributed by atoms with Crippen molar-refractivity contribution in [2.45, 2.75) is 32.2 Å². The van der Waals surface area contributed by atoms with Crippen molar-refractivity contribution in [3.8, 4) is 0 Å². The van der Waals surface area contributed by atoms with Crippen molar-refractivity contribution in [3.05, 3.63) is 0 Å². The number of alkyl halides is 4. The average Bonchev–Trinajstić information content (AvgIpc) is 2.12. The lowest BCUT2D eigenvalue weighted by atomic mass is 9.88. The minimum atomic E-state index is -4.12. The predicted molar refractivity (Wildman–Crippen MR) is 65.1 cm³/mol. The third kappa shape index (κ3) is 10.9. The minimum absolute atomic E-state index is 0.0184. The molecule has 0 heterocycles. The molecule has 0 atom stereocenters. The molecule has 98 valence electrons. The molecule has 0 spiro atoms. The maximum Gasteiger partial charge on any atom is 0.441 e. The Morgan fingerprint density at radius 1 is 1.25 bits per heavy atom. The Bertz CT molecular complexity index is 185. The van der Waals surface area contributed by atoms with Crippen LogP contribution in [0.5, 0.6) is 0 Å². The number of rotatable bonds is 8. The maximum atomic E-state index is 11.8. The van der Waals surface area contributed by atoms with Gasteiger partial charge in [0.1, 0.15) is 0 Å². The second-order valence-corrected chi connectivity index (χ2v) is 5.97. The first-order valence-electron chi connectivity index (χ1n) is 5.24. The van der Waals surface area contributed by atoms with Gasteiger partial charge in [0.25, 0.3) is 0 Å². The van der Waals surface area contributed by atoms with Crippen LogP contribution < -0.4 is 5.32 Å². The molecule has 6 heteroatoms. The molecule has 1 nitrogen and oxygen atoms in total. The third-order valence-electron chi connectivity index (χ3n) is 2.14. The molecule has 0 saturated carbocycles. The van der Waals surface area contributed by atoms with Crippen LogP contribution in [0.1, 0.15) is 26.7 Å². The number of nitrogens with one attached hydrogen (secondary N) is 1. The fourth-order valence-corrected chi connectivity index (χ4v) is 1.91. The Balaban J connectivity index is 3.50. The van der Waals surface area contributed by atoms with Crippen LogP contribution in [0, 0.1) is 5.41 Å². The van der Waals surface area contributed by atoms with Gasteiger partial charge < -0.3 is 5.32 Å². The SMILES string of the molecule is CC(C)(CCCCl)CNCCSC(F)(F)F. The van der Waals surface area contributed by atoms with E-state index in [-0.39, 0.29) is 22.9 Å². The summed E-state index contributed by atoms with van der Waals surface area (Å²) >= 11 is 5.61. The highest BCUT2D eigenvalue weighted by atomic mass is 35.5. The van der Waals surface area contributed by atoms with Crippen LogP contribution in [-0.4, -0.2) is 30.2 Å². The molecule has 0 aromatic rings. The van der Waals surface area contributed by atoms with Gasteiger partial charge in [0.05, 0.1) is 0 Å². The Morgan fingerprint density at radius 3 is 2.38 bits per heavy atom. The molecular formula is C10H19ClF3NS. The maximum absolute atomic E-state index is 11.8. The largest absolute Gasteiger partial charge is 0.441 e. The van der Waals surface area contributed by atoms with Crippen LogP contribution in [0.3, 0.4) is 0 Å². The minimum Gasteiger partial charge on any atom is -0.315 e. The van der Waals surface area contributed by atoms with Gasteiger partial charge in [-0.1, -0.05) is 13.8 Å². The van der Waals surface area contributed by atoms with Gasteiger partial charge in [-0.25, -0.2) is 0 Å². The van der Waals surface area contributed by atoms with Crippen molar-refractivity contribution in [1.82, 2.24) is 5.32 Å². The summed E-state index contributed by atoms with van der Waals surface area (Å²) in [5, 5.41) is 3.04. The van der Waals surface area contributed by atoms with Crippen molar-refractivity contribution < 1.29 is 13.2 Å². The first-order chi connectivity index (χ1) is 7.27. The summed E-state index contributed by atoms with van der Waals surface area (Å²) < 4.78 is 35.4. The molecule has 0 rings (SSSR count). The molecule has 0 unspecified atom stereocenters. The van der Waals surface area contributed by atoms with Crippen molar-refractivity contribution in [2.75, 3.05) is 24.7 Å². The molecule has 0 aromatic carbocycles. The zero-order chi connectivity index (χ0) is 12.7. The molecule has 0 aliphatic heterocycles. The Morgan fingerprint density at radius 2 is 1.88 bits per heavy atom. The number of halogens is 4. The molecule has 0 bridgehead atoms. The highest BCUT2D eigenvalue weighted by molar-refractivity contribution is 8.00. The smallest absolute Gasteiger partial charge is 0.315 e. The van der Waals surface area contributed by atoms with Gasteiger partial charge in [0.2, 0.25) is 0 Å².